The Kier molecular flexibility index (Phi) is 27.4. The van der Waals surface area contributed by atoms with E-state index < -0.39 is 11.9 Å². The first-order chi connectivity index (χ1) is 56.4. The van der Waals surface area contributed by atoms with E-state index in [1.54, 1.807) is 84.9 Å². The average Bonchev–Trinajstić information content (AvgIpc) is 1.63. The zero-order valence-electron chi connectivity index (χ0n) is 63.2. The van der Waals surface area contributed by atoms with E-state index in [4.69, 9.17) is 19.7 Å². The van der Waals surface area contributed by atoms with E-state index in [-0.39, 0.29) is 69.8 Å². The Labute approximate surface area is 685 Å². The summed E-state index contributed by atoms with van der Waals surface area (Å²) >= 11 is 5.80. The lowest BCUT2D eigenvalue weighted by molar-refractivity contribution is -0.132. The summed E-state index contributed by atoms with van der Waals surface area (Å²) in [5.41, 5.74) is 8.90. The lowest BCUT2D eigenvalue weighted by atomic mass is 9.84. The number of ketones is 4. The maximum absolute atomic E-state index is 13.4. The topological polar surface area (TPSA) is 295 Å². The minimum atomic E-state index is -0.989. The summed E-state index contributed by atoms with van der Waals surface area (Å²) < 4.78 is 23.3. The van der Waals surface area contributed by atoms with Crippen molar-refractivity contribution in [3.8, 4) is 79.0 Å². The number of aromatic hydroxyl groups is 4. The predicted octanol–water partition coefficient (Wildman–Crippen LogP) is 23.6. The number of aliphatic carboxylic acids is 2. The molecular formula is C94H84O18S4. The molecule has 16 rings (SSSR count). The van der Waals surface area contributed by atoms with Gasteiger partial charge in [0.05, 0.1) is 19.5 Å². The van der Waals surface area contributed by atoms with Crippen LogP contribution < -0.4 is 9.47 Å². The summed E-state index contributed by atoms with van der Waals surface area (Å²) in [4.78, 5) is 97.9. The molecule has 592 valence electrons. The lowest BCUT2D eigenvalue weighted by Gasteiger charge is -2.20. The first-order valence-corrected chi connectivity index (χ1v) is 41.9. The Bertz CT molecular complexity index is 5690. The monoisotopic (exact) mass is 1630 g/mol. The number of carboxylic acids is 2. The van der Waals surface area contributed by atoms with Gasteiger partial charge in [0.2, 0.25) is 0 Å². The molecule has 4 aromatic heterocycles. The molecule has 4 aliphatic carbocycles. The number of phenols is 4. The smallest absolute Gasteiger partial charge is 0.328 e. The van der Waals surface area contributed by atoms with Gasteiger partial charge in [-0.2, -0.15) is 0 Å². The van der Waals surface area contributed by atoms with Gasteiger partial charge in [0, 0.05) is 98.4 Å². The predicted molar refractivity (Wildman–Crippen MR) is 457 cm³/mol. The molecule has 8 aromatic carbocycles. The molecule has 18 nitrogen and oxygen atoms in total. The quantitative estimate of drug-likeness (QED) is 0.0142. The summed E-state index contributed by atoms with van der Waals surface area (Å²) in [6.45, 7) is 0.624. The minimum absolute atomic E-state index is 0.0712. The molecule has 4 aliphatic rings. The molecule has 0 bridgehead atoms. The number of phenolic OH excluding ortho intramolecular Hbond substituents is 4. The zero-order valence-corrected chi connectivity index (χ0v) is 66.5. The molecule has 22 heteroatoms. The maximum Gasteiger partial charge on any atom is 0.328 e. The van der Waals surface area contributed by atoms with Crippen molar-refractivity contribution in [3.05, 3.63) is 238 Å². The molecule has 0 amide bonds. The lowest BCUT2D eigenvalue weighted by Crippen LogP contribution is -2.17. The fourth-order valence-electron chi connectivity index (χ4n) is 15.6. The number of benzene rings is 8. The van der Waals surface area contributed by atoms with Crippen molar-refractivity contribution in [2.45, 2.75) is 116 Å². The number of rotatable bonds is 24. The van der Waals surface area contributed by atoms with Crippen LogP contribution in [0.25, 0.3) is 97.0 Å². The molecule has 4 saturated carbocycles. The number of hydrogen-bond donors (Lipinski definition) is 6. The van der Waals surface area contributed by atoms with Gasteiger partial charge in [-0.05, 0) is 194 Å². The van der Waals surface area contributed by atoms with Crippen LogP contribution in [0.2, 0.25) is 0 Å². The summed E-state index contributed by atoms with van der Waals surface area (Å²) in [5, 5.41) is 61.0. The van der Waals surface area contributed by atoms with Crippen molar-refractivity contribution in [2.75, 3.05) is 0 Å². The Morgan fingerprint density at radius 1 is 0.310 bits per heavy atom. The standard InChI is InChI=1S/C24H22O5S.C24H22O4S.C23H20O5S.C23H20O4S/c25-15-28-12-13-29-19-9-6-16(7-10-19)22-20-11-8-18(26)14-21(20)30-24(22)23(27)17-4-2-1-3-5-17;25-18-11-12-19-20(14-18)29-24(23(28)17-4-2-1-3-5-17)22(19)16-9-6-15(7-10-16)8-13-21(26)27;24-14-27-11-12-28-18-8-5-15(6-9-18)21-19-10-7-17(25)13-20(19)29-23(21)22(26)16-3-1-2-4-16;24-17-10-11-18-19(13-17)28-23(22(27)16-3-1-2-4-16)21(18)15-8-5-14(6-9-15)7-12-20(25)26/h6-15,17,26H,1-5H2;6-14,17,25H,1-5H2,(H,26,27);5-14,16,25H,1-4H2;5-13,16,24H,1-4H2,(H,25,26)/b13-12+;13-8+;12-11+;12-7+. The number of ether oxygens (including phenoxy) is 4. The van der Waals surface area contributed by atoms with Gasteiger partial charge in [0.1, 0.15) is 59.5 Å². The van der Waals surface area contributed by atoms with Crippen LogP contribution in [-0.2, 0) is 28.7 Å². The van der Waals surface area contributed by atoms with E-state index in [9.17, 15) is 58.8 Å². The Morgan fingerprint density at radius 3 is 0.793 bits per heavy atom. The van der Waals surface area contributed by atoms with Gasteiger partial charge in [0.25, 0.3) is 12.9 Å². The summed E-state index contributed by atoms with van der Waals surface area (Å²) in [6.07, 6.45) is 28.9. The minimum Gasteiger partial charge on any atom is -0.508 e. The number of Topliss-reactive ketones (excluding diaryl/α,β-unsaturated/α-hetero) is 4. The van der Waals surface area contributed by atoms with Crippen molar-refractivity contribution in [1.82, 2.24) is 0 Å². The first-order valence-electron chi connectivity index (χ1n) is 38.6. The number of carbonyl (C=O) groups excluding carboxylic acids is 6. The number of carbonyl (C=O) groups is 8. The SMILES string of the molecule is O=C(O)/C=C/c1ccc(-c2c(C(=O)C3CCCC3)sc3cc(O)ccc23)cc1.O=C(O)/C=C/c1ccc(-c2c(C(=O)C3CCCCC3)sc3cc(O)ccc23)cc1.O=CO/C=C/Oc1ccc(-c2c(C(=O)C3CCCC3)sc3cc(O)ccc23)cc1.O=CO/C=C/Oc1ccc(-c2c(C(=O)C3CCCCC3)sc3cc(O)ccc23)cc1. The van der Waals surface area contributed by atoms with Crippen molar-refractivity contribution >= 4 is 146 Å². The van der Waals surface area contributed by atoms with Gasteiger partial charge in [-0.3, -0.25) is 28.8 Å². The molecule has 4 fully saturated rings. The Balaban J connectivity index is 0.000000135. The van der Waals surface area contributed by atoms with E-state index in [0.29, 0.717) is 24.4 Å². The van der Waals surface area contributed by atoms with Crippen LogP contribution in [-0.4, -0.2) is 78.7 Å². The summed E-state index contributed by atoms with van der Waals surface area (Å²) in [6, 6.07) is 50.9. The molecule has 12 aromatic rings. The number of thiophene rings is 4. The third-order valence-electron chi connectivity index (χ3n) is 21.3. The van der Waals surface area contributed by atoms with Gasteiger partial charge < -0.3 is 49.6 Å². The third kappa shape index (κ3) is 20.0. The normalized spacial score (nSPS) is 14.8. The molecule has 0 atom stereocenters. The fraction of sp³-hybridized carbons (Fsp3) is 0.234. The van der Waals surface area contributed by atoms with Crippen LogP contribution in [0.1, 0.15) is 165 Å². The average molecular weight is 1630 g/mol. The number of carboxylic acid groups (broad SMARTS) is 2. The van der Waals surface area contributed by atoms with Gasteiger partial charge in [-0.15, -0.1) is 45.3 Å². The Morgan fingerprint density at radius 2 is 0.552 bits per heavy atom. The summed E-state index contributed by atoms with van der Waals surface area (Å²) in [5.74, 6) is 1.08. The molecule has 6 N–H and O–H groups in total. The highest BCUT2D eigenvalue weighted by Crippen LogP contribution is 2.49. The first kappa shape index (κ1) is 81.9. The molecule has 0 saturated heterocycles. The molecule has 4 heterocycles. The molecule has 0 aliphatic heterocycles. The van der Waals surface area contributed by atoms with Gasteiger partial charge >= 0.3 is 11.9 Å². The largest absolute Gasteiger partial charge is 0.508 e. The van der Waals surface area contributed by atoms with Crippen molar-refractivity contribution in [2.24, 2.45) is 23.7 Å². The maximum atomic E-state index is 13.4. The highest BCUT2D eigenvalue weighted by atomic mass is 32.1. The fourth-order valence-corrected chi connectivity index (χ4v) is 20.7. The van der Waals surface area contributed by atoms with Crippen LogP contribution in [0.4, 0.5) is 0 Å². The highest BCUT2D eigenvalue weighted by Gasteiger charge is 2.33. The number of hydrogen-bond acceptors (Lipinski definition) is 20. The van der Waals surface area contributed by atoms with Crippen LogP contribution in [0, 0.1) is 23.7 Å². The van der Waals surface area contributed by atoms with E-state index in [1.165, 1.54) is 70.7 Å². The van der Waals surface area contributed by atoms with Crippen molar-refractivity contribution in [1.29, 1.82) is 0 Å². The third-order valence-corrected chi connectivity index (χ3v) is 26.0. The molecule has 0 spiro atoms. The molecule has 0 radical (unpaired) electrons. The van der Waals surface area contributed by atoms with Crippen molar-refractivity contribution in [3.63, 3.8) is 0 Å². The van der Waals surface area contributed by atoms with Crippen LogP contribution in [0.5, 0.6) is 34.5 Å². The van der Waals surface area contributed by atoms with Crippen molar-refractivity contribution < 1.29 is 87.9 Å². The second-order valence-corrected chi connectivity index (χ2v) is 33.1. The van der Waals surface area contributed by atoms with Gasteiger partial charge in [-0.1, -0.05) is 137 Å². The summed E-state index contributed by atoms with van der Waals surface area (Å²) in [7, 11) is 0. The Hall–Kier alpha value is -12.1. The number of fused-ring (bicyclic) bond motifs is 4. The van der Waals surface area contributed by atoms with Gasteiger partial charge in [0.15, 0.2) is 23.1 Å². The van der Waals surface area contributed by atoms with Crippen LogP contribution in [0.15, 0.2) is 207 Å². The molecular weight excluding hydrogens is 1550 g/mol. The van der Waals surface area contributed by atoms with E-state index in [1.807, 2.05) is 97.1 Å². The van der Waals surface area contributed by atoms with E-state index in [0.717, 1.165) is 243 Å². The molecule has 0 unspecified atom stereocenters. The van der Waals surface area contributed by atoms with Crippen LogP contribution >= 0.6 is 45.3 Å². The highest BCUT2D eigenvalue weighted by molar-refractivity contribution is 7.23. The van der Waals surface area contributed by atoms with E-state index in [2.05, 4.69) is 9.47 Å². The van der Waals surface area contributed by atoms with Gasteiger partial charge in [-0.25, -0.2) is 9.59 Å². The second kappa shape index (κ2) is 38.8. The van der Waals surface area contributed by atoms with Crippen LogP contribution in [0.3, 0.4) is 0 Å². The second-order valence-electron chi connectivity index (χ2n) is 28.9. The van der Waals surface area contributed by atoms with E-state index >= 15 is 0 Å². The molecule has 116 heavy (non-hydrogen) atoms. The zero-order chi connectivity index (χ0) is 81.2.